The van der Waals surface area contributed by atoms with Crippen molar-refractivity contribution in [2.24, 2.45) is 0 Å². The summed E-state index contributed by atoms with van der Waals surface area (Å²) in [6.07, 6.45) is -22.8. The van der Waals surface area contributed by atoms with E-state index in [0.717, 1.165) is 12.1 Å². The first-order valence-corrected chi connectivity index (χ1v) is 16.5. The van der Waals surface area contributed by atoms with Crippen molar-refractivity contribution in [3.63, 3.8) is 0 Å². The first-order valence-electron chi connectivity index (χ1n) is 16.5. The summed E-state index contributed by atoms with van der Waals surface area (Å²) in [6, 6.07) is 4.74. The molecule has 0 spiro atoms. The number of ether oxygens (including phenoxy) is 8. The Balaban J connectivity index is 1.35. The number of fused-ring (bicyclic) bond motifs is 1. The molecule has 0 aromatic heterocycles. The minimum absolute atomic E-state index is 0.0548. The topological polar surface area (TPSA) is 320 Å². The molecule has 0 bridgehead atoms. The first kappa shape index (κ1) is 39.0. The molecular weight excluding hydrogens is 716 g/mol. The van der Waals surface area contributed by atoms with Crippen molar-refractivity contribution in [2.75, 3.05) is 20.3 Å². The molecule has 0 radical (unpaired) electrons. The molecule has 3 saturated heterocycles. The third-order valence-corrected chi connectivity index (χ3v) is 9.43. The number of phenols is 4. The van der Waals surface area contributed by atoms with E-state index in [1.807, 2.05) is 0 Å². The van der Waals surface area contributed by atoms with E-state index in [2.05, 4.69) is 4.74 Å². The van der Waals surface area contributed by atoms with Crippen LogP contribution < -0.4 is 4.74 Å². The molecule has 0 amide bonds. The highest BCUT2D eigenvalue weighted by molar-refractivity contribution is 5.69. The van der Waals surface area contributed by atoms with Crippen LogP contribution >= 0.6 is 0 Å². The average molecular weight is 760 g/mol. The number of aromatic hydroxyl groups is 5. The van der Waals surface area contributed by atoms with Crippen LogP contribution in [0.15, 0.2) is 30.0 Å². The normalized spacial score (nSPS) is 38.7. The Hall–Kier alpha value is -3.74. The average Bonchev–Trinajstić information content (AvgIpc) is 3.12. The van der Waals surface area contributed by atoms with E-state index in [1.165, 1.54) is 32.2 Å². The van der Waals surface area contributed by atoms with Gasteiger partial charge in [-0.1, -0.05) is 0 Å². The van der Waals surface area contributed by atoms with E-state index in [-0.39, 0.29) is 34.1 Å². The summed E-state index contributed by atoms with van der Waals surface area (Å²) in [5.41, 5.74) is 0.200. The molecule has 2 aromatic rings. The predicted molar refractivity (Wildman–Crippen MR) is 171 cm³/mol. The predicted octanol–water partition coefficient (Wildman–Crippen LogP) is -3.01. The molecular formula is C33H43O20+. The van der Waals surface area contributed by atoms with Gasteiger partial charge in [0.15, 0.2) is 35.9 Å². The zero-order chi connectivity index (χ0) is 38.5. The largest absolute Gasteiger partial charge is 0.571 e. The monoisotopic (exact) mass is 759 g/mol. The summed E-state index contributed by atoms with van der Waals surface area (Å²) in [4.78, 5) is 0. The molecule has 53 heavy (non-hydrogen) atoms. The van der Waals surface area contributed by atoms with Gasteiger partial charge in [-0.05, 0) is 19.1 Å². The summed E-state index contributed by atoms with van der Waals surface area (Å²) in [7, 11) is 1.24. The second-order valence-electron chi connectivity index (χ2n) is 13.1. The van der Waals surface area contributed by atoms with Gasteiger partial charge in [-0.2, -0.15) is 0 Å². The van der Waals surface area contributed by atoms with Gasteiger partial charge in [0.25, 0.3) is 11.9 Å². The van der Waals surface area contributed by atoms with Crippen LogP contribution in [-0.2, 0) is 28.4 Å². The van der Waals surface area contributed by atoms with Gasteiger partial charge in [0.1, 0.15) is 72.0 Å². The molecule has 4 aliphatic heterocycles. The molecule has 15 atom stereocenters. The highest BCUT2D eigenvalue weighted by Gasteiger charge is 2.52. The fourth-order valence-corrected chi connectivity index (χ4v) is 6.36. The van der Waals surface area contributed by atoms with Crippen LogP contribution in [0, 0.1) is 0 Å². The van der Waals surface area contributed by atoms with Crippen LogP contribution in [0.3, 0.4) is 0 Å². The van der Waals surface area contributed by atoms with E-state index >= 15 is 0 Å². The summed E-state index contributed by atoms with van der Waals surface area (Å²) in [6.45, 7) is 0.324. The Morgan fingerprint density at radius 3 is 2.19 bits per heavy atom. The molecule has 0 saturated carbocycles. The molecule has 294 valence electrons. The molecule has 3 fully saturated rings. The van der Waals surface area contributed by atoms with Crippen molar-refractivity contribution in [2.45, 2.75) is 99.0 Å². The molecule has 13 N–H and O–H groups in total. The Morgan fingerprint density at radius 1 is 0.755 bits per heavy atom. The zero-order valence-electron chi connectivity index (χ0n) is 28.1. The van der Waals surface area contributed by atoms with Crippen molar-refractivity contribution in [3.05, 3.63) is 41.2 Å². The standard InChI is InChI=1S/C33H42O20/c1-10-21(38)25(42)28(45)31(49-10)48-9-20-24(41)26(43)30(53-32-27(44)23(40)16(37)8-47-32)33(52-20)51-19-7-13-14(35)5-12(34)6-17(13)50-29(19)11-3-15(36)22(39)18(4-11)46-2/h3-7,10,16,20-21,23-45H,8-9H2,1-2H3/p+1. The minimum atomic E-state index is -1.93. The quantitative estimate of drug-likeness (QED) is 0.0894. The molecule has 4 aliphatic rings. The first-order chi connectivity index (χ1) is 25.1. The Kier molecular flexibility index (Phi) is 11.4. The maximum atomic E-state index is 11.4. The summed E-state index contributed by atoms with van der Waals surface area (Å²) in [5.74, 6) is -2.19. The van der Waals surface area contributed by atoms with Crippen LogP contribution in [0.5, 0.6) is 34.5 Å². The molecule has 4 heterocycles. The van der Waals surface area contributed by atoms with Gasteiger partial charge in [-0.3, -0.25) is 0 Å². The van der Waals surface area contributed by atoms with E-state index in [9.17, 15) is 61.3 Å². The molecule has 0 aliphatic carbocycles. The number of hydrogen-bond donors (Lipinski definition) is 12. The van der Waals surface area contributed by atoms with Crippen molar-refractivity contribution in [1.82, 2.24) is 0 Å². The van der Waals surface area contributed by atoms with Crippen LogP contribution in [0.2, 0.25) is 0 Å². The number of aliphatic hydroxyl groups is 9. The van der Waals surface area contributed by atoms with Crippen LogP contribution in [0.25, 0.3) is 6.08 Å². The number of methoxy groups -OCH3 is 1. The molecule has 15 unspecified atom stereocenters. The fourth-order valence-electron chi connectivity index (χ4n) is 6.36. The van der Waals surface area contributed by atoms with Gasteiger partial charge in [0.2, 0.25) is 12.0 Å². The van der Waals surface area contributed by atoms with Gasteiger partial charge in [0.05, 0.1) is 38.1 Å². The van der Waals surface area contributed by atoms with Gasteiger partial charge in [0, 0.05) is 12.1 Å². The Morgan fingerprint density at radius 2 is 1.47 bits per heavy atom. The lowest BCUT2D eigenvalue weighted by Gasteiger charge is -2.45. The Bertz CT molecular complexity index is 1640. The van der Waals surface area contributed by atoms with Crippen LogP contribution in [0.1, 0.15) is 24.2 Å². The summed E-state index contributed by atoms with van der Waals surface area (Å²) in [5, 5.41) is 126. The number of phenolic OH excluding ortho intramolecular Hbond substituents is 4. The zero-order valence-corrected chi connectivity index (χ0v) is 28.1. The van der Waals surface area contributed by atoms with Crippen molar-refractivity contribution >= 4 is 6.08 Å². The number of benzene rings is 2. The van der Waals surface area contributed by atoms with E-state index in [4.69, 9.17) is 33.2 Å². The lowest BCUT2D eigenvalue weighted by atomic mass is 9.97. The Labute approximate surface area is 300 Å². The van der Waals surface area contributed by atoms with Crippen molar-refractivity contribution < 1.29 is 99.2 Å². The maximum absolute atomic E-state index is 11.4. The van der Waals surface area contributed by atoms with Crippen molar-refractivity contribution in [3.8, 4) is 34.5 Å². The molecule has 2 aromatic carbocycles. The van der Waals surface area contributed by atoms with Gasteiger partial charge < -0.3 is 99.2 Å². The highest BCUT2D eigenvalue weighted by atomic mass is 16.8. The van der Waals surface area contributed by atoms with Gasteiger partial charge >= 0.3 is 0 Å². The highest BCUT2D eigenvalue weighted by Crippen LogP contribution is 2.48. The lowest BCUT2D eigenvalue weighted by Crippen LogP contribution is -2.63. The second kappa shape index (κ2) is 15.5. The van der Waals surface area contributed by atoms with E-state index in [0.29, 0.717) is 0 Å². The second-order valence-corrected chi connectivity index (χ2v) is 13.1. The van der Waals surface area contributed by atoms with E-state index < -0.39 is 123 Å². The summed E-state index contributed by atoms with van der Waals surface area (Å²) < 4.78 is 44.3. The molecule has 20 nitrogen and oxygen atoms in total. The summed E-state index contributed by atoms with van der Waals surface area (Å²) >= 11 is 0. The SMILES string of the molecule is COc1cc(C2[OH+]c3cc(O)cc(O)c3C=C2OC2OC(COC3OC(C)C(O)C(O)C3O)C(O)C(O)C2OC2OCC(O)C(O)C2O)cc(O)c1O. The smallest absolute Gasteiger partial charge is 0.270 e. The van der Waals surface area contributed by atoms with Gasteiger partial charge in [-0.15, -0.1) is 0 Å². The fraction of sp³-hybridized carbons (Fsp3) is 0.576. The number of hydrogen-bond acceptors (Lipinski definition) is 19. The van der Waals surface area contributed by atoms with Crippen LogP contribution in [0.4, 0.5) is 0 Å². The number of aliphatic hydroxyl groups excluding tert-OH is 8. The number of rotatable bonds is 9. The maximum Gasteiger partial charge on any atom is 0.270 e. The van der Waals surface area contributed by atoms with Crippen LogP contribution in [-0.4, -0.2) is 172 Å². The molecule has 20 heteroatoms. The third-order valence-electron chi connectivity index (χ3n) is 9.43. The minimum Gasteiger partial charge on any atom is -0.571 e. The lowest BCUT2D eigenvalue weighted by molar-refractivity contribution is -0.360. The molecule has 6 rings (SSSR count). The van der Waals surface area contributed by atoms with E-state index in [1.54, 1.807) is 0 Å². The van der Waals surface area contributed by atoms with Crippen molar-refractivity contribution in [1.29, 1.82) is 0 Å². The third kappa shape index (κ3) is 7.64. The van der Waals surface area contributed by atoms with Gasteiger partial charge in [-0.25, -0.2) is 0 Å².